The highest BCUT2D eigenvalue weighted by molar-refractivity contribution is 6.31. The van der Waals surface area contributed by atoms with E-state index in [1.54, 1.807) is 29.4 Å². The Balaban J connectivity index is 1.58. The maximum Gasteiger partial charge on any atom is 0.317 e. The van der Waals surface area contributed by atoms with Crippen LogP contribution in [0.4, 0.5) is 11.4 Å². The number of benzene rings is 1. The molecule has 1 fully saturated rings. The van der Waals surface area contributed by atoms with Gasteiger partial charge in [-0.1, -0.05) is 11.6 Å². The van der Waals surface area contributed by atoms with Crippen LogP contribution in [0.2, 0.25) is 5.02 Å². The number of amides is 1. The summed E-state index contributed by atoms with van der Waals surface area (Å²) >= 11 is 6.17. The first-order valence-corrected chi connectivity index (χ1v) is 9.94. The van der Waals surface area contributed by atoms with Crippen molar-refractivity contribution in [1.29, 1.82) is 0 Å². The Hall–Kier alpha value is -2.64. The number of piperazine rings is 1. The van der Waals surface area contributed by atoms with Crippen LogP contribution in [-0.2, 0) is 10.3 Å². The number of anilines is 2. The molecular formula is C21H23ClN4O3. The molecule has 152 valence electrons. The number of aromatic nitrogens is 1. The van der Waals surface area contributed by atoms with E-state index in [1.807, 2.05) is 30.9 Å². The zero-order valence-corrected chi connectivity index (χ0v) is 17.2. The second-order valence-electron chi connectivity index (χ2n) is 7.95. The van der Waals surface area contributed by atoms with Crippen LogP contribution in [0, 0.1) is 0 Å². The number of halogens is 1. The minimum atomic E-state index is -0.809. The lowest BCUT2D eigenvalue weighted by molar-refractivity contribution is -0.138. The molecule has 8 heteroatoms. The zero-order valence-electron chi connectivity index (χ0n) is 16.4. The van der Waals surface area contributed by atoms with E-state index in [9.17, 15) is 9.59 Å². The summed E-state index contributed by atoms with van der Waals surface area (Å²) in [4.78, 5) is 34.3. The molecule has 1 amide bonds. The van der Waals surface area contributed by atoms with Gasteiger partial charge in [0.1, 0.15) is 0 Å². The normalized spacial score (nSPS) is 18.8. The van der Waals surface area contributed by atoms with Crippen molar-refractivity contribution in [2.45, 2.75) is 19.4 Å². The summed E-state index contributed by atoms with van der Waals surface area (Å²) < 4.78 is 0. The molecule has 1 aromatic heterocycles. The Labute approximate surface area is 174 Å². The molecule has 0 bridgehead atoms. The van der Waals surface area contributed by atoms with Gasteiger partial charge in [0.25, 0.3) is 5.91 Å². The Morgan fingerprint density at radius 2 is 1.83 bits per heavy atom. The van der Waals surface area contributed by atoms with E-state index in [0.717, 1.165) is 16.9 Å². The summed E-state index contributed by atoms with van der Waals surface area (Å²) in [5.41, 5.74) is 2.68. The molecule has 3 heterocycles. The highest BCUT2D eigenvalue weighted by Gasteiger charge is 2.44. The van der Waals surface area contributed by atoms with Crippen molar-refractivity contribution in [3.8, 4) is 0 Å². The second-order valence-corrected chi connectivity index (χ2v) is 8.38. The van der Waals surface area contributed by atoms with Crippen LogP contribution >= 0.6 is 11.6 Å². The van der Waals surface area contributed by atoms with Crippen molar-refractivity contribution in [2.75, 3.05) is 42.5 Å². The number of fused-ring (bicyclic) bond motifs is 1. The summed E-state index contributed by atoms with van der Waals surface area (Å²) in [6, 6.07) is 7.35. The maximum atomic E-state index is 13.1. The van der Waals surface area contributed by atoms with Crippen molar-refractivity contribution in [1.82, 2.24) is 9.88 Å². The Kier molecular flexibility index (Phi) is 4.96. The van der Waals surface area contributed by atoms with Gasteiger partial charge in [-0.15, -0.1) is 0 Å². The van der Waals surface area contributed by atoms with Gasteiger partial charge in [-0.3, -0.25) is 24.4 Å². The van der Waals surface area contributed by atoms with E-state index < -0.39 is 11.5 Å². The molecule has 0 spiro atoms. The highest BCUT2D eigenvalue weighted by atomic mass is 35.5. The van der Waals surface area contributed by atoms with Crippen LogP contribution in [0.3, 0.4) is 0 Å². The maximum absolute atomic E-state index is 13.1. The molecule has 1 aromatic carbocycles. The van der Waals surface area contributed by atoms with E-state index >= 15 is 0 Å². The molecule has 0 saturated carbocycles. The molecule has 29 heavy (non-hydrogen) atoms. The molecule has 2 aliphatic heterocycles. The smallest absolute Gasteiger partial charge is 0.317 e. The molecule has 4 rings (SSSR count). The molecule has 1 saturated heterocycles. The molecule has 1 N–H and O–H groups in total. The fourth-order valence-corrected chi connectivity index (χ4v) is 4.38. The van der Waals surface area contributed by atoms with Gasteiger partial charge in [0.2, 0.25) is 0 Å². The lowest BCUT2D eigenvalue weighted by Crippen LogP contribution is -2.48. The number of aliphatic carboxylic acids is 1. The van der Waals surface area contributed by atoms with Gasteiger partial charge in [0, 0.05) is 36.8 Å². The monoisotopic (exact) mass is 414 g/mol. The average molecular weight is 415 g/mol. The fraction of sp³-hybridized carbons (Fsp3) is 0.381. The van der Waals surface area contributed by atoms with Gasteiger partial charge < -0.3 is 10.0 Å². The number of carbonyl (C=O) groups is 2. The minimum absolute atomic E-state index is 0.0589. The van der Waals surface area contributed by atoms with Crippen LogP contribution in [0.5, 0.6) is 0 Å². The fourth-order valence-electron chi connectivity index (χ4n) is 4.21. The first kappa shape index (κ1) is 19.7. The lowest BCUT2D eigenvalue weighted by Gasteiger charge is -2.36. The molecule has 0 radical (unpaired) electrons. The number of hydrogen-bond acceptors (Lipinski definition) is 5. The third-order valence-corrected chi connectivity index (χ3v) is 5.93. The summed E-state index contributed by atoms with van der Waals surface area (Å²) in [6.45, 7) is 6.85. The summed E-state index contributed by atoms with van der Waals surface area (Å²) in [5, 5.41) is 9.57. The van der Waals surface area contributed by atoms with Gasteiger partial charge in [0.15, 0.2) is 0 Å². The number of carboxylic acids is 1. The lowest BCUT2D eigenvalue weighted by atomic mass is 9.93. The van der Waals surface area contributed by atoms with Crippen molar-refractivity contribution >= 4 is 34.9 Å². The quantitative estimate of drug-likeness (QED) is 0.829. The van der Waals surface area contributed by atoms with E-state index in [-0.39, 0.29) is 12.5 Å². The minimum Gasteiger partial charge on any atom is -0.480 e. The predicted octanol–water partition coefficient (Wildman–Crippen LogP) is 2.84. The number of carboxylic acid groups (broad SMARTS) is 1. The van der Waals surface area contributed by atoms with Crippen LogP contribution in [-0.4, -0.2) is 59.6 Å². The third-order valence-electron chi connectivity index (χ3n) is 5.70. The predicted molar refractivity (Wildman–Crippen MR) is 112 cm³/mol. The second kappa shape index (κ2) is 7.31. The number of rotatable bonds is 4. The van der Waals surface area contributed by atoms with E-state index in [0.29, 0.717) is 36.8 Å². The van der Waals surface area contributed by atoms with Crippen molar-refractivity contribution in [2.24, 2.45) is 0 Å². The van der Waals surface area contributed by atoms with Crippen LogP contribution in [0.1, 0.15) is 29.8 Å². The third kappa shape index (κ3) is 3.56. The largest absolute Gasteiger partial charge is 0.480 e. The molecule has 0 aliphatic carbocycles. The van der Waals surface area contributed by atoms with Crippen molar-refractivity contribution < 1.29 is 14.7 Å². The Morgan fingerprint density at radius 3 is 2.52 bits per heavy atom. The Bertz CT molecular complexity index is 970. The topological polar surface area (TPSA) is 77.0 Å². The SMILES string of the molecule is CC1(C)c2cc(Cl)ccc2C(=O)N1c1cncc(N2CCN(CC(=O)O)CC2)c1. The molecule has 7 nitrogen and oxygen atoms in total. The molecular weight excluding hydrogens is 392 g/mol. The van der Waals surface area contributed by atoms with Crippen molar-refractivity contribution in [3.63, 3.8) is 0 Å². The standard InChI is InChI=1S/C21H23ClN4O3/c1-21(2)18-9-14(22)3-4-17(18)20(29)26(21)16-10-15(11-23-12-16)25-7-5-24(6-8-25)13-19(27)28/h3-4,9-12H,5-8,13H2,1-2H3,(H,27,28). The van der Waals surface area contributed by atoms with E-state index in [4.69, 9.17) is 16.7 Å². The van der Waals surface area contributed by atoms with Crippen LogP contribution in [0.25, 0.3) is 0 Å². The van der Waals surface area contributed by atoms with Gasteiger partial charge in [-0.25, -0.2) is 0 Å². The average Bonchev–Trinajstić information content (AvgIpc) is 2.87. The zero-order chi connectivity index (χ0) is 20.8. The van der Waals surface area contributed by atoms with E-state index in [1.165, 1.54) is 0 Å². The summed E-state index contributed by atoms with van der Waals surface area (Å²) in [6.07, 6.45) is 3.49. The van der Waals surface area contributed by atoms with Gasteiger partial charge in [-0.2, -0.15) is 0 Å². The number of pyridine rings is 1. The number of carbonyl (C=O) groups excluding carboxylic acids is 1. The van der Waals surface area contributed by atoms with Gasteiger partial charge >= 0.3 is 5.97 Å². The van der Waals surface area contributed by atoms with Gasteiger partial charge in [0.05, 0.1) is 35.9 Å². The summed E-state index contributed by atoms with van der Waals surface area (Å²) in [5.74, 6) is -0.872. The molecule has 0 unspecified atom stereocenters. The van der Waals surface area contributed by atoms with Crippen LogP contribution < -0.4 is 9.80 Å². The molecule has 0 atom stereocenters. The van der Waals surface area contributed by atoms with E-state index in [2.05, 4.69) is 9.88 Å². The highest BCUT2D eigenvalue weighted by Crippen LogP contribution is 2.43. The first-order valence-electron chi connectivity index (χ1n) is 9.56. The molecule has 2 aliphatic rings. The molecule has 2 aromatic rings. The number of hydrogen-bond donors (Lipinski definition) is 1. The van der Waals surface area contributed by atoms with Crippen molar-refractivity contribution in [3.05, 3.63) is 52.8 Å². The number of nitrogens with zero attached hydrogens (tertiary/aromatic N) is 4. The van der Waals surface area contributed by atoms with Gasteiger partial charge in [-0.05, 0) is 43.7 Å². The Morgan fingerprint density at radius 1 is 1.14 bits per heavy atom. The first-order chi connectivity index (χ1) is 13.8. The van der Waals surface area contributed by atoms with Crippen LogP contribution in [0.15, 0.2) is 36.7 Å². The summed E-state index contributed by atoms with van der Waals surface area (Å²) in [7, 11) is 0.